The molecule has 1 aliphatic carbocycles. The number of para-hydroxylation sites is 3. The van der Waals surface area contributed by atoms with E-state index in [1.54, 1.807) is 0 Å². The predicted octanol–water partition coefficient (Wildman–Crippen LogP) is 16.0. The summed E-state index contributed by atoms with van der Waals surface area (Å²) in [6.45, 7) is 0. The second-order valence-electron chi connectivity index (χ2n) is 17.7. The lowest BCUT2D eigenvalue weighted by molar-refractivity contribution is 0.753. The van der Waals surface area contributed by atoms with Crippen molar-refractivity contribution in [3.63, 3.8) is 0 Å². The smallest absolute Gasteiger partial charge is 0.0754 e. The van der Waals surface area contributed by atoms with Gasteiger partial charge < -0.3 is 10.6 Å². The van der Waals surface area contributed by atoms with Gasteiger partial charge >= 0.3 is 0 Å². The molecule has 3 heteroatoms. The molecule has 1 atom stereocenters. The minimum Gasteiger partial charge on any atom is -0.321 e. The molecule has 1 spiro atoms. The second kappa shape index (κ2) is 17.3. The Labute approximate surface area is 398 Å². The standard InChI is InChI=1S/C65H47N3/c66-61(46-21-6-2-7-22-46)43-62(67-44-45-19-4-1-5-20-45)53-28-18-27-51(41-53)49-25-16-23-47(39-49)48-24-17-26-50(40-48)52-37-38-56-55-31-10-11-32-57(55)65(60(56)42-52)58-33-12-14-35-63(58)68(54-29-8-3-9-30-54)64-36-15-13-34-59(64)65/h1-44,61H,66H2/b62-43-,67-44+. The average molecular weight is 870 g/mol. The molecule has 0 fully saturated rings. The molecule has 1 unspecified atom stereocenters. The number of rotatable bonds is 9. The zero-order valence-corrected chi connectivity index (χ0v) is 37.5. The van der Waals surface area contributed by atoms with Gasteiger partial charge in [-0.15, -0.1) is 0 Å². The first-order valence-electron chi connectivity index (χ1n) is 23.4. The van der Waals surface area contributed by atoms with Crippen LogP contribution in [0, 0.1) is 0 Å². The van der Waals surface area contributed by atoms with E-state index < -0.39 is 5.41 Å². The van der Waals surface area contributed by atoms with Crippen LogP contribution < -0.4 is 10.6 Å². The molecule has 0 amide bonds. The van der Waals surface area contributed by atoms with E-state index in [-0.39, 0.29) is 6.04 Å². The Bertz CT molecular complexity index is 3490. The van der Waals surface area contributed by atoms with Crippen LogP contribution in [-0.2, 0) is 5.41 Å². The number of nitrogens with two attached hydrogens (primary N) is 1. The summed E-state index contributed by atoms with van der Waals surface area (Å²) in [6.07, 6.45) is 3.97. The van der Waals surface area contributed by atoms with Gasteiger partial charge in [0.15, 0.2) is 0 Å². The Morgan fingerprint density at radius 1 is 0.412 bits per heavy atom. The second-order valence-corrected chi connectivity index (χ2v) is 17.7. The third-order valence-electron chi connectivity index (χ3n) is 13.7. The van der Waals surface area contributed by atoms with Crippen molar-refractivity contribution in [1.82, 2.24) is 0 Å². The van der Waals surface area contributed by atoms with Crippen LogP contribution in [0.25, 0.3) is 50.2 Å². The predicted molar refractivity (Wildman–Crippen MR) is 284 cm³/mol. The molecule has 68 heavy (non-hydrogen) atoms. The molecule has 0 saturated heterocycles. The maximum atomic E-state index is 6.78. The molecule has 10 aromatic carbocycles. The third kappa shape index (κ3) is 7.09. The average Bonchev–Trinajstić information content (AvgIpc) is 3.70. The minimum atomic E-state index is -0.518. The number of anilines is 3. The molecular formula is C65H47N3. The molecular weight excluding hydrogens is 823 g/mol. The van der Waals surface area contributed by atoms with E-state index in [9.17, 15) is 0 Å². The molecule has 3 nitrogen and oxygen atoms in total. The fourth-order valence-corrected chi connectivity index (χ4v) is 10.6. The van der Waals surface area contributed by atoms with Gasteiger partial charge in [-0.2, -0.15) is 0 Å². The zero-order chi connectivity index (χ0) is 45.4. The van der Waals surface area contributed by atoms with E-state index in [1.807, 2.05) is 42.6 Å². The van der Waals surface area contributed by atoms with Crippen molar-refractivity contribution < 1.29 is 0 Å². The Morgan fingerprint density at radius 3 is 1.53 bits per heavy atom. The van der Waals surface area contributed by atoms with Gasteiger partial charge in [-0.05, 0) is 132 Å². The summed E-state index contributed by atoms with van der Waals surface area (Å²) in [4.78, 5) is 7.46. The van der Waals surface area contributed by atoms with Crippen molar-refractivity contribution in [2.75, 3.05) is 4.90 Å². The summed E-state index contributed by atoms with van der Waals surface area (Å²) in [7, 11) is 0. The van der Waals surface area contributed by atoms with Gasteiger partial charge in [-0.25, -0.2) is 0 Å². The lowest BCUT2D eigenvalue weighted by Crippen LogP contribution is -2.36. The van der Waals surface area contributed by atoms with E-state index in [4.69, 9.17) is 10.7 Å². The Hall–Kier alpha value is -8.63. The molecule has 0 radical (unpaired) electrons. The van der Waals surface area contributed by atoms with Crippen molar-refractivity contribution in [1.29, 1.82) is 0 Å². The first-order chi connectivity index (χ1) is 33.6. The van der Waals surface area contributed by atoms with Crippen molar-refractivity contribution in [2.45, 2.75) is 11.5 Å². The lowest BCUT2D eigenvalue weighted by atomic mass is 9.64. The molecule has 0 aromatic heterocycles. The van der Waals surface area contributed by atoms with E-state index in [0.29, 0.717) is 0 Å². The van der Waals surface area contributed by atoms with Gasteiger partial charge in [0, 0.05) is 17.5 Å². The van der Waals surface area contributed by atoms with Crippen molar-refractivity contribution in [2.24, 2.45) is 10.7 Å². The molecule has 0 bridgehead atoms. The number of hydrogen-bond donors (Lipinski definition) is 1. The Kier molecular flexibility index (Phi) is 10.4. The fraction of sp³-hybridized carbons (Fsp3) is 0.0308. The monoisotopic (exact) mass is 869 g/mol. The molecule has 10 aromatic rings. The van der Waals surface area contributed by atoms with Gasteiger partial charge in [-0.3, -0.25) is 4.99 Å². The van der Waals surface area contributed by atoms with Gasteiger partial charge in [-0.1, -0.05) is 206 Å². The van der Waals surface area contributed by atoms with E-state index in [1.165, 1.54) is 55.9 Å². The summed E-state index contributed by atoms with van der Waals surface area (Å²) in [6, 6.07) is 91.5. The summed E-state index contributed by atoms with van der Waals surface area (Å²) in [5, 5.41) is 0. The van der Waals surface area contributed by atoms with Crippen LogP contribution in [0.3, 0.4) is 0 Å². The molecule has 1 heterocycles. The summed E-state index contributed by atoms with van der Waals surface area (Å²) < 4.78 is 0. The normalized spacial score (nSPS) is 13.7. The maximum Gasteiger partial charge on any atom is 0.0754 e. The van der Waals surface area contributed by atoms with Crippen LogP contribution in [0.15, 0.2) is 266 Å². The maximum absolute atomic E-state index is 6.78. The highest BCUT2D eigenvalue weighted by atomic mass is 15.2. The summed E-state index contributed by atoms with van der Waals surface area (Å²) in [5.74, 6) is 0. The van der Waals surface area contributed by atoms with Crippen molar-refractivity contribution in [3.05, 3.63) is 300 Å². The Morgan fingerprint density at radius 2 is 0.897 bits per heavy atom. The van der Waals surface area contributed by atoms with Crippen LogP contribution in [0.1, 0.15) is 45.0 Å². The quantitative estimate of drug-likeness (QED) is 0.147. The summed E-state index contributed by atoms with van der Waals surface area (Å²) >= 11 is 0. The Balaban J connectivity index is 0.928. The highest BCUT2D eigenvalue weighted by Crippen LogP contribution is 2.63. The van der Waals surface area contributed by atoms with Crippen LogP contribution in [-0.4, -0.2) is 6.21 Å². The van der Waals surface area contributed by atoms with Gasteiger partial charge in [0.05, 0.1) is 28.5 Å². The number of hydrogen-bond acceptors (Lipinski definition) is 3. The number of fused-ring (bicyclic) bond motifs is 9. The van der Waals surface area contributed by atoms with E-state index in [0.717, 1.165) is 50.3 Å². The molecule has 0 saturated carbocycles. The molecule has 2 N–H and O–H groups in total. The van der Waals surface area contributed by atoms with Gasteiger partial charge in [0.1, 0.15) is 0 Å². The van der Waals surface area contributed by atoms with Crippen LogP contribution in [0.2, 0.25) is 0 Å². The molecule has 1 aliphatic heterocycles. The zero-order valence-electron chi connectivity index (χ0n) is 37.5. The number of aliphatic imine (C=N–C) groups is 1. The minimum absolute atomic E-state index is 0.316. The largest absolute Gasteiger partial charge is 0.321 e. The van der Waals surface area contributed by atoms with Crippen molar-refractivity contribution in [3.8, 4) is 44.5 Å². The number of nitrogens with zero attached hydrogens (tertiary/aromatic N) is 2. The first-order valence-corrected chi connectivity index (χ1v) is 23.4. The highest BCUT2D eigenvalue weighted by Gasteiger charge is 2.51. The highest BCUT2D eigenvalue weighted by molar-refractivity contribution is 5.97. The molecule has 12 rings (SSSR count). The lowest BCUT2D eigenvalue weighted by Gasteiger charge is -2.45. The van der Waals surface area contributed by atoms with Crippen molar-refractivity contribution >= 4 is 29.0 Å². The first kappa shape index (κ1) is 40.8. The van der Waals surface area contributed by atoms with Crippen LogP contribution >= 0.6 is 0 Å². The van der Waals surface area contributed by atoms with Gasteiger partial charge in [0.25, 0.3) is 0 Å². The van der Waals surface area contributed by atoms with E-state index in [2.05, 4.69) is 229 Å². The SMILES string of the molecule is NC(/C=C(\N=C\c1ccccc1)c1cccc(-c2cccc(-c3cccc(-c4ccc5c(c4)C4(c6ccccc6-5)c5ccccc5N(c5ccccc5)c5ccccc54)c3)c2)c1)c1ccccc1. The molecule has 322 valence electrons. The topological polar surface area (TPSA) is 41.6 Å². The molecule has 2 aliphatic rings. The third-order valence-corrected chi connectivity index (χ3v) is 13.7. The van der Waals surface area contributed by atoms with Gasteiger partial charge in [0.2, 0.25) is 0 Å². The number of benzene rings is 10. The van der Waals surface area contributed by atoms with Crippen LogP contribution in [0.4, 0.5) is 17.1 Å². The summed E-state index contributed by atoms with van der Waals surface area (Å²) in [5.41, 5.74) is 28.4. The fourth-order valence-electron chi connectivity index (χ4n) is 10.6. The van der Waals surface area contributed by atoms with Crippen LogP contribution in [0.5, 0.6) is 0 Å². The van der Waals surface area contributed by atoms with E-state index >= 15 is 0 Å².